The Bertz CT molecular complexity index is 1870. The van der Waals surface area contributed by atoms with Crippen LogP contribution in [0.15, 0.2) is 52.3 Å². The number of quaternary nitrogens is 1. The van der Waals surface area contributed by atoms with Crippen molar-refractivity contribution in [3.8, 4) is 5.75 Å². The van der Waals surface area contributed by atoms with Gasteiger partial charge in [-0.2, -0.15) is 13.1 Å². The van der Waals surface area contributed by atoms with Gasteiger partial charge >= 0.3 is 10.2 Å². The molecule has 4 heterocycles. The molecule has 2 N–H and O–H groups in total. The highest BCUT2D eigenvalue weighted by atomic mass is 32.2. The number of carbonyl (C=O) groups is 2. The highest BCUT2D eigenvalue weighted by Gasteiger charge is 2.65. The Hall–Kier alpha value is -3.25. The van der Waals surface area contributed by atoms with Crippen molar-refractivity contribution in [1.29, 1.82) is 0 Å². The summed E-state index contributed by atoms with van der Waals surface area (Å²) in [6, 6.07) is 4.31. The number of nitrogens with one attached hydrogen (secondary N) is 2. The van der Waals surface area contributed by atoms with Gasteiger partial charge in [0.25, 0.3) is 5.91 Å². The lowest BCUT2D eigenvalue weighted by Crippen LogP contribution is -2.61. The number of piperazine rings is 1. The fourth-order valence-electron chi connectivity index (χ4n) is 10.4. The fourth-order valence-corrected chi connectivity index (χ4v) is 12.4. The lowest BCUT2D eigenvalue weighted by molar-refractivity contribution is -0.142. The second kappa shape index (κ2) is 11.4. The van der Waals surface area contributed by atoms with Crippen LogP contribution in [0.3, 0.4) is 0 Å². The molecule has 1 aromatic rings. The summed E-state index contributed by atoms with van der Waals surface area (Å²) in [5.41, 5.74) is 6.43. The van der Waals surface area contributed by atoms with Gasteiger partial charge in [0.15, 0.2) is 5.69 Å². The third-order valence-electron chi connectivity index (χ3n) is 12.7. The Kier molecular flexibility index (Phi) is 7.37. The Balaban J connectivity index is 1.29. The van der Waals surface area contributed by atoms with E-state index in [1.807, 2.05) is 6.07 Å². The van der Waals surface area contributed by atoms with Crippen LogP contribution in [0, 0.1) is 11.8 Å². The van der Waals surface area contributed by atoms with Crippen LogP contribution in [-0.2, 0) is 19.8 Å². The summed E-state index contributed by atoms with van der Waals surface area (Å²) >= 11 is 0. The molecule has 4 aliphatic carbocycles. The van der Waals surface area contributed by atoms with Gasteiger partial charge in [0.2, 0.25) is 5.91 Å². The Morgan fingerprint density at radius 1 is 1.00 bits per heavy atom. The van der Waals surface area contributed by atoms with E-state index < -0.39 is 25.9 Å². The smallest absolute Gasteiger partial charge is 0.380 e. The number of benzene rings is 1. The molecule has 5 atom stereocenters. The molecule has 1 aromatic carbocycles. The van der Waals surface area contributed by atoms with Crippen LogP contribution in [0.25, 0.3) is 6.08 Å². The van der Waals surface area contributed by atoms with Gasteiger partial charge in [-0.3, -0.25) is 9.59 Å². The minimum atomic E-state index is -4.13. The maximum atomic E-state index is 15.4. The first-order valence-electron chi connectivity index (χ1n) is 18.4. The van der Waals surface area contributed by atoms with Crippen LogP contribution in [0.2, 0.25) is 0 Å². The van der Waals surface area contributed by atoms with Crippen molar-refractivity contribution >= 4 is 33.8 Å². The van der Waals surface area contributed by atoms with Gasteiger partial charge < -0.3 is 19.9 Å². The molecule has 4 fully saturated rings. The highest BCUT2D eigenvalue weighted by molar-refractivity contribution is 7.89. The molecule has 49 heavy (non-hydrogen) atoms. The van der Waals surface area contributed by atoms with Gasteiger partial charge in [-0.05, 0) is 75.6 Å². The summed E-state index contributed by atoms with van der Waals surface area (Å²) in [6.07, 6.45) is 15.7. The number of nitrogens with zero attached hydrogens (tertiary/aromatic N) is 3. The molecule has 2 bridgehead atoms. The summed E-state index contributed by atoms with van der Waals surface area (Å²) in [7, 11) is 1.28. The summed E-state index contributed by atoms with van der Waals surface area (Å²) < 4.78 is 39.5. The van der Waals surface area contributed by atoms with E-state index in [1.165, 1.54) is 6.42 Å². The van der Waals surface area contributed by atoms with Crippen LogP contribution in [-0.4, -0.2) is 89.0 Å². The minimum absolute atomic E-state index is 0.111. The molecule has 4 unspecified atom stereocenters. The molecule has 4 aliphatic heterocycles. The van der Waals surface area contributed by atoms with Crippen LogP contribution in [0.4, 0.5) is 5.69 Å². The van der Waals surface area contributed by atoms with Gasteiger partial charge in [-0.25, -0.2) is 0 Å². The third kappa shape index (κ3) is 4.64. The number of fused-ring (bicyclic) bond motifs is 8. The van der Waals surface area contributed by atoms with Gasteiger partial charge in [0.1, 0.15) is 18.0 Å². The quantitative estimate of drug-likeness (QED) is 0.416. The van der Waals surface area contributed by atoms with Crippen LogP contribution in [0.1, 0.15) is 81.3 Å². The number of likely N-dealkylation sites (N-methyl/N-ethyl adjacent to an activating group) is 2. The van der Waals surface area contributed by atoms with E-state index in [-0.39, 0.29) is 42.4 Å². The largest absolute Gasteiger partial charge is 0.496 e. The molecule has 2 saturated carbocycles. The van der Waals surface area contributed by atoms with Crippen molar-refractivity contribution < 1.29 is 22.7 Å². The lowest BCUT2D eigenvalue weighted by atomic mass is 9.75. The molecule has 8 aliphatic rings. The van der Waals surface area contributed by atoms with Crippen molar-refractivity contribution in [1.82, 2.24) is 23.7 Å². The van der Waals surface area contributed by atoms with Gasteiger partial charge in [0.05, 0.1) is 30.1 Å². The Morgan fingerprint density at radius 2 is 1.73 bits per heavy atom. The number of hydrogen-bond donors (Lipinski definition) is 2. The molecule has 9 rings (SSSR count). The zero-order valence-corrected chi connectivity index (χ0v) is 29.7. The molecule has 0 spiro atoms. The number of rotatable bonds is 7. The molecule has 10 nitrogen and oxygen atoms in total. The average molecular weight is 687 g/mol. The molecular weight excluding hydrogens is 639 g/mol. The van der Waals surface area contributed by atoms with Crippen molar-refractivity contribution in [2.75, 3.05) is 40.8 Å². The third-order valence-corrected chi connectivity index (χ3v) is 14.7. The van der Waals surface area contributed by atoms with Crippen LogP contribution >= 0.6 is 0 Å². The molecule has 2 amide bonds. The highest BCUT2D eigenvalue weighted by Crippen LogP contribution is 2.62. The van der Waals surface area contributed by atoms with E-state index in [9.17, 15) is 4.79 Å². The Labute approximate surface area is 289 Å². The van der Waals surface area contributed by atoms with E-state index in [1.54, 1.807) is 14.2 Å². The molecule has 11 heteroatoms. The number of ether oxygens (including phenoxy) is 1. The second-order valence-electron chi connectivity index (χ2n) is 15.6. The zero-order chi connectivity index (χ0) is 33.8. The fraction of sp³-hybridized carbons (Fsp3) is 0.579. The van der Waals surface area contributed by atoms with E-state index >= 15 is 13.2 Å². The van der Waals surface area contributed by atoms with Crippen LogP contribution < -0.4 is 18.7 Å². The summed E-state index contributed by atoms with van der Waals surface area (Å²) in [5, 5.41) is 2.82. The van der Waals surface area contributed by atoms with Crippen LogP contribution in [0.5, 0.6) is 5.75 Å². The van der Waals surface area contributed by atoms with E-state index in [2.05, 4.69) is 51.2 Å². The first kappa shape index (κ1) is 31.7. The second-order valence-corrected chi connectivity index (χ2v) is 17.4. The number of amides is 2. The lowest BCUT2D eigenvalue weighted by Gasteiger charge is -2.44. The van der Waals surface area contributed by atoms with Crippen molar-refractivity contribution in [3.63, 3.8) is 0 Å². The molecule has 260 valence electrons. The summed E-state index contributed by atoms with van der Waals surface area (Å²) in [4.78, 5) is 33.0. The number of likely N-dealkylation sites (tertiary alicyclic amines) is 1. The normalized spacial score (nSPS) is 32.2. The number of allylic oxidation sites excluding steroid dienone is 3. The number of carbonyl (C=O) groups excluding carboxylic acids is 2. The maximum Gasteiger partial charge on any atom is 0.380 e. The summed E-state index contributed by atoms with van der Waals surface area (Å²) in [5.74, 6) is -0.227. The summed E-state index contributed by atoms with van der Waals surface area (Å²) in [6.45, 7) is 1.82. The van der Waals surface area contributed by atoms with Crippen molar-refractivity contribution in [3.05, 3.63) is 63.4 Å². The van der Waals surface area contributed by atoms with Gasteiger partial charge in [-0.15, -0.1) is 3.89 Å². The molecule has 0 aromatic heterocycles. The van der Waals surface area contributed by atoms with E-state index in [0.29, 0.717) is 23.4 Å². The first-order valence-corrected chi connectivity index (χ1v) is 19.8. The number of methoxy groups -OCH3 is 1. The predicted molar refractivity (Wildman–Crippen MR) is 189 cm³/mol. The average Bonchev–Trinajstić information content (AvgIpc) is 4.00. The SMILES string of the molecule is CNC(=O)C1=C2C[N+]3(S(=O)(=O)NC4CC4)C(=Cc4c(OC)ccc(C5CCCCC5)c43)C3C(=C21)C=CC[C@H]3C(=O)N1C2CCC1CN(C)C2. The maximum absolute atomic E-state index is 15.4. The Morgan fingerprint density at radius 3 is 2.41 bits per heavy atom. The predicted octanol–water partition coefficient (Wildman–Crippen LogP) is 4.27. The number of hydrogen-bond acceptors (Lipinski definition) is 6. The molecule has 2 saturated heterocycles. The molecule has 0 radical (unpaired) electrons. The van der Waals surface area contributed by atoms with Crippen molar-refractivity contribution in [2.24, 2.45) is 11.8 Å². The topological polar surface area (TPSA) is 108 Å². The minimum Gasteiger partial charge on any atom is -0.496 e. The van der Waals surface area contributed by atoms with Crippen molar-refractivity contribution in [2.45, 2.75) is 88.3 Å². The van der Waals surface area contributed by atoms with Gasteiger partial charge in [0, 0.05) is 61.0 Å². The van der Waals surface area contributed by atoms with E-state index in [0.717, 1.165) is 98.0 Å². The first-order chi connectivity index (χ1) is 23.7. The van der Waals surface area contributed by atoms with Gasteiger partial charge in [-0.1, -0.05) is 31.4 Å². The molecular formula is C38H48N5O5S+. The zero-order valence-electron chi connectivity index (χ0n) is 28.8. The standard InChI is InChI=1S/C38H47N5O5S/c1-39-37(44)35-30-21-43(49(46,47)40-23-12-13-23)31(18-29-32(48-3)17-16-26(36(29)43)22-8-5-4-6-9-22)33-27(34(30)35)10-7-11-28(33)38(45)42-24-14-15-25(42)20-41(2)19-24/h7,10,16-18,22-25,28,33,40H,4-6,8-9,11-15,19-21H2,1-3H3/p+1/t24?,25?,28-,33?,43?/m1/s1. The monoisotopic (exact) mass is 686 g/mol. The van der Waals surface area contributed by atoms with E-state index in [4.69, 9.17) is 4.74 Å².